The van der Waals surface area contributed by atoms with Gasteiger partial charge in [0.25, 0.3) is 0 Å². The Morgan fingerprint density at radius 1 is 0.966 bits per heavy atom. The Balaban J connectivity index is 1.87. The van der Waals surface area contributed by atoms with E-state index in [-0.39, 0.29) is 11.7 Å². The van der Waals surface area contributed by atoms with Crippen LogP contribution in [0.3, 0.4) is 0 Å². The Morgan fingerprint density at radius 2 is 1.62 bits per heavy atom. The predicted molar refractivity (Wildman–Crippen MR) is 112 cm³/mol. The Kier molecular flexibility index (Phi) is 9.61. The highest BCUT2D eigenvalue weighted by molar-refractivity contribution is 7.80. The van der Waals surface area contributed by atoms with E-state index >= 15 is 0 Å². The van der Waals surface area contributed by atoms with E-state index in [0.29, 0.717) is 31.4 Å². The average molecular weight is 416 g/mol. The summed E-state index contributed by atoms with van der Waals surface area (Å²) in [6.45, 7) is 0.570. The van der Waals surface area contributed by atoms with E-state index in [0.717, 1.165) is 5.56 Å². The number of carbonyl (C=O) groups excluding carboxylic acids is 2. The second-order valence-corrected chi connectivity index (χ2v) is 6.55. The SMILES string of the molecule is NCCCC[C@H](NC(=O)OCc1ccccc1)C(=O)OOC(=S)c1ccccc1. The molecule has 154 valence electrons. The number of nitrogens with two attached hydrogens (primary N) is 1. The summed E-state index contributed by atoms with van der Waals surface area (Å²) in [6.07, 6.45) is 0.929. The van der Waals surface area contributed by atoms with Gasteiger partial charge in [-0.1, -0.05) is 60.7 Å². The lowest BCUT2D eigenvalue weighted by atomic mass is 10.1. The van der Waals surface area contributed by atoms with Gasteiger partial charge in [0.2, 0.25) is 5.05 Å². The largest absolute Gasteiger partial charge is 0.445 e. The van der Waals surface area contributed by atoms with Crippen LogP contribution in [0.4, 0.5) is 4.79 Å². The van der Waals surface area contributed by atoms with E-state index in [4.69, 9.17) is 32.5 Å². The normalized spacial score (nSPS) is 11.2. The lowest BCUT2D eigenvalue weighted by Gasteiger charge is -2.16. The van der Waals surface area contributed by atoms with Crippen LogP contribution < -0.4 is 11.1 Å². The van der Waals surface area contributed by atoms with Gasteiger partial charge in [-0.3, -0.25) is 4.89 Å². The van der Waals surface area contributed by atoms with Gasteiger partial charge in [-0.25, -0.2) is 14.5 Å². The van der Waals surface area contributed by atoms with E-state index in [2.05, 4.69) is 5.32 Å². The molecule has 0 aliphatic rings. The van der Waals surface area contributed by atoms with E-state index in [9.17, 15) is 9.59 Å². The van der Waals surface area contributed by atoms with Crippen LogP contribution >= 0.6 is 12.2 Å². The van der Waals surface area contributed by atoms with Crippen LogP contribution in [0.1, 0.15) is 30.4 Å². The quantitative estimate of drug-likeness (QED) is 0.280. The number of hydrogen-bond acceptors (Lipinski definition) is 7. The zero-order valence-electron chi connectivity index (χ0n) is 15.9. The second-order valence-electron chi connectivity index (χ2n) is 6.18. The first-order chi connectivity index (χ1) is 14.1. The molecular weight excluding hydrogens is 392 g/mol. The Morgan fingerprint density at radius 3 is 2.28 bits per heavy atom. The molecule has 0 aliphatic carbocycles. The number of rotatable bonds is 9. The van der Waals surface area contributed by atoms with Crippen molar-refractivity contribution in [1.82, 2.24) is 5.32 Å². The summed E-state index contributed by atoms with van der Waals surface area (Å²) in [7, 11) is 0. The number of carbonyl (C=O) groups is 2. The predicted octanol–water partition coefficient (Wildman–Crippen LogP) is 3.26. The van der Waals surface area contributed by atoms with Gasteiger partial charge in [-0.2, -0.15) is 0 Å². The van der Waals surface area contributed by atoms with Crippen LogP contribution in [0, 0.1) is 0 Å². The molecule has 1 atom stereocenters. The van der Waals surface area contributed by atoms with Gasteiger partial charge >= 0.3 is 12.1 Å². The molecule has 3 N–H and O–H groups in total. The molecule has 0 aromatic heterocycles. The highest BCUT2D eigenvalue weighted by Gasteiger charge is 2.25. The van der Waals surface area contributed by atoms with Crippen LogP contribution in [0.25, 0.3) is 0 Å². The van der Waals surface area contributed by atoms with Crippen molar-refractivity contribution in [2.45, 2.75) is 31.9 Å². The third-order valence-corrected chi connectivity index (χ3v) is 4.25. The molecule has 0 heterocycles. The number of ether oxygens (including phenoxy) is 1. The summed E-state index contributed by atoms with van der Waals surface area (Å²) in [4.78, 5) is 34.3. The second kappa shape index (κ2) is 12.5. The number of thiocarbonyl (C=S) groups is 1. The average Bonchev–Trinajstić information content (AvgIpc) is 2.76. The van der Waals surface area contributed by atoms with Crippen LogP contribution in [0.15, 0.2) is 60.7 Å². The minimum absolute atomic E-state index is 0.0197. The van der Waals surface area contributed by atoms with Crippen molar-refractivity contribution < 1.29 is 24.1 Å². The van der Waals surface area contributed by atoms with Gasteiger partial charge in [-0.05, 0) is 43.6 Å². The van der Waals surface area contributed by atoms with Crippen LogP contribution in [0.2, 0.25) is 0 Å². The molecular formula is C21H24N2O5S. The van der Waals surface area contributed by atoms with Crippen molar-refractivity contribution >= 4 is 29.3 Å². The van der Waals surface area contributed by atoms with Gasteiger partial charge in [-0.15, -0.1) is 0 Å². The lowest BCUT2D eigenvalue weighted by molar-refractivity contribution is -0.222. The first kappa shape index (κ1) is 22.3. The molecule has 0 radical (unpaired) electrons. The molecule has 0 unspecified atom stereocenters. The number of nitrogens with one attached hydrogen (secondary N) is 1. The maximum Gasteiger partial charge on any atom is 0.408 e. The molecule has 1 amide bonds. The first-order valence-electron chi connectivity index (χ1n) is 9.25. The number of alkyl carbamates (subject to hydrolysis) is 1. The summed E-state index contributed by atoms with van der Waals surface area (Å²) in [5, 5.41) is 2.53. The number of hydrogen-bond donors (Lipinski definition) is 2. The van der Waals surface area contributed by atoms with Crippen molar-refractivity contribution in [3.05, 3.63) is 71.8 Å². The van der Waals surface area contributed by atoms with Crippen LogP contribution in [0.5, 0.6) is 0 Å². The highest BCUT2D eigenvalue weighted by Crippen LogP contribution is 2.08. The van der Waals surface area contributed by atoms with E-state index in [1.54, 1.807) is 24.3 Å². The van der Waals surface area contributed by atoms with Crippen molar-refractivity contribution in [3.8, 4) is 0 Å². The lowest BCUT2D eigenvalue weighted by Crippen LogP contribution is -2.42. The monoisotopic (exact) mass is 416 g/mol. The fourth-order valence-electron chi connectivity index (χ4n) is 2.41. The maximum absolute atomic E-state index is 12.4. The fourth-order valence-corrected chi connectivity index (χ4v) is 2.58. The molecule has 2 aromatic rings. The van der Waals surface area contributed by atoms with Gasteiger partial charge in [0.15, 0.2) is 0 Å². The third-order valence-electron chi connectivity index (χ3n) is 3.95. The van der Waals surface area contributed by atoms with Crippen molar-refractivity contribution in [3.63, 3.8) is 0 Å². The molecule has 0 saturated carbocycles. The van der Waals surface area contributed by atoms with Gasteiger partial charge in [0.05, 0.1) is 0 Å². The summed E-state index contributed by atoms with van der Waals surface area (Å²) < 4.78 is 5.16. The Labute approximate surface area is 175 Å². The zero-order valence-corrected chi connectivity index (χ0v) is 16.7. The molecule has 8 heteroatoms. The number of unbranched alkanes of at least 4 members (excludes halogenated alkanes) is 1. The van der Waals surface area contributed by atoms with E-state index in [1.807, 2.05) is 36.4 Å². The fraction of sp³-hybridized carbons (Fsp3) is 0.286. The highest BCUT2D eigenvalue weighted by atomic mass is 32.1. The van der Waals surface area contributed by atoms with E-state index in [1.165, 1.54) is 0 Å². The van der Waals surface area contributed by atoms with E-state index < -0.39 is 18.1 Å². The summed E-state index contributed by atoms with van der Waals surface area (Å²) in [5.74, 6) is -0.767. The number of benzene rings is 2. The van der Waals surface area contributed by atoms with Gasteiger partial charge < -0.3 is 15.8 Å². The maximum atomic E-state index is 12.4. The molecule has 29 heavy (non-hydrogen) atoms. The van der Waals surface area contributed by atoms with Crippen LogP contribution in [-0.4, -0.2) is 29.7 Å². The molecule has 2 aromatic carbocycles. The summed E-state index contributed by atoms with van der Waals surface area (Å²) in [5.41, 5.74) is 6.93. The molecule has 2 rings (SSSR count). The molecule has 0 spiro atoms. The molecule has 0 fully saturated rings. The molecule has 0 aliphatic heterocycles. The summed E-state index contributed by atoms with van der Waals surface area (Å²) in [6, 6.07) is 17.1. The minimum atomic E-state index is -0.941. The molecule has 0 saturated heterocycles. The van der Waals surface area contributed by atoms with Gasteiger partial charge in [0.1, 0.15) is 12.6 Å². The zero-order chi connectivity index (χ0) is 20.9. The topological polar surface area (TPSA) is 99.9 Å². The standard InChI is InChI=1S/C21H24N2O5S/c22-14-8-7-13-18(23-21(25)26-15-16-9-3-1-4-10-16)19(24)27-28-20(29)17-11-5-2-6-12-17/h1-6,9-12,18H,7-8,13-15,22H2,(H,23,25)/t18-/m0/s1. The van der Waals surface area contributed by atoms with Crippen LogP contribution in [-0.2, 0) is 25.9 Å². The molecule has 7 nitrogen and oxygen atoms in total. The Hall–Kier alpha value is -2.97. The minimum Gasteiger partial charge on any atom is -0.445 e. The van der Waals surface area contributed by atoms with Crippen molar-refractivity contribution in [2.75, 3.05) is 6.54 Å². The van der Waals surface area contributed by atoms with Crippen molar-refractivity contribution in [1.29, 1.82) is 0 Å². The van der Waals surface area contributed by atoms with Crippen molar-refractivity contribution in [2.24, 2.45) is 5.73 Å². The first-order valence-corrected chi connectivity index (χ1v) is 9.66. The smallest absolute Gasteiger partial charge is 0.408 e. The summed E-state index contributed by atoms with van der Waals surface area (Å²) >= 11 is 5.09. The third kappa shape index (κ3) is 8.28. The molecule has 0 bridgehead atoms. The number of amides is 1. The Bertz CT molecular complexity index is 786. The van der Waals surface area contributed by atoms with Gasteiger partial charge in [0, 0.05) is 5.56 Å².